The third-order valence-electron chi connectivity index (χ3n) is 6.39. The molecule has 3 aromatic heterocycles. The number of aliphatic hydroxyl groups is 1. The Bertz CT molecular complexity index is 1500. The molecule has 0 fully saturated rings. The van der Waals surface area contributed by atoms with Gasteiger partial charge in [0.2, 0.25) is 5.95 Å². The van der Waals surface area contributed by atoms with E-state index in [1.165, 1.54) is 6.07 Å². The molecule has 5 aromatic rings. The van der Waals surface area contributed by atoms with Crippen molar-refractivity contribution in [2.75, 3.05) is 0 Å². The topological polar surface area (TPSA) is 68.8 Å². The van der Waals surface area contributed by atoms with Gasteiger partial charge >= 0.3 is 0 Å². The van der Waals surface area contributed by atoms with Crippen molar-refractivity contribution in [3.8, 4) is 16.9 Å². The number of hydrogen-bond donors (Lipinski definition) is 1. The Morgan fingerprint density at radius 3 is 2.43 bits per heavy atom. The van der Waals surface area contributed by atoms with Crippen molar-refractivity contribution in [1.29, 1.82) is 0 Å². The van der Waals surface area contributed by atoms with Crippen LogP contribution in [0, 0.1) is 19.8 Å². The highest BCUT2D eigenvalue weighted by molar-refractivity contribution is 5.94. The summed E-state index contributed by atoms with van der Waals surface area (Å²) in [5, 5.41) is 21.4. The summed E-state index contributed by atoms with van der Waals surface area (Å²) in [4.78, 5) is 3.99. The Kier molecular flexibility index (Phi) is 5.94. The van der Waals surface area contributed by atoms with E-state index in [1.807, 2.05) is 60.3 Å². The van der Waals surface area contributed by atoms with Gasteiger partial charge in [-0.1, -0.05) is 56.3 Å². The van der Waals surface area contributed by atoms with Gasteiger partial charge in [0, 0.05) is 28.4 Å². The van der Waals surface area contributed by atoms with E-state index >= 15 is 0 Å². The van der Waals surface area contributed by atoms with Gasteiger partial charge in [0.05, 0.1) is 35.2 Å². The van der Waals surface area contributed by atoms with Crippen molar-refractivity contribution in [2.45, 2.75) is 46.3 Å². The average Bonchev–Trinajstić information content (AvgIpc) is 3.40. The minimum absolute atomic E-state index is 0.220. The lowest BCUT2D eigenvalue weighted by Gasteiger charge is -2.10. The number of fused-ring (bicyclic) bond motifs is 1. The van der Waals surface area contributed by atoms with Crippen LogP contribution in [0.25, 0.3) is 27.8 Å². The summed E-state index contributed by atoms with van der Waals surface area (Å²) in [6.07, 6.45) is 1.32. The van der Waals surface area contributed by atoms with E-state index < -0.39 is 12.1 Å². The summed E-state index contributed by atoms with van der Waals surface area (Å²) in [6, 6.07) is 18.7. The van der Waals surface area contributed by atoms with Crippen molar-refractivity contribution in [1.82, 2.24) is 24.5 Å². The first-order chi connectivity index (χ1) is 16.8. The maximum atomic E-state index is 13.6. The SMILES string of the molecule is Cc1nc(F)ccc1-n1nc(-c2cccc3nn(C[C@H](O)c4ccccc4)cc23)c(C(C)C)c1C. The standard InChI is InChI=1S/C28H28FN5O/c1-17(2)27-19(4)34(24-13-14-26(29)30-18(24)3)32-28(27)21-11-8-12-23-22(21)15-33(31-23)16-25(35)20-9-6-5-7-10-20/h5-15,17,25,35H,16H2,1-4H3/t25-/m0/s1. The molecule has 5 rings (SSSR count). The number of rotatable bonds is 6. The van der Waals surface area contributed by atoms with Crippen molar-refractivity contribution in [3.05, 3.63) is 95.3 Å². The molecule has 3 heterocycles. The third-order valence-corrected chi connectivity index (χ3v) is 6.39. The highest BCUT2D eigenvalue weighted by Gasteiger charge is 2.23. The van der Waals surface area contributed by atoms with Crippen LogP contribution in [0.1, 0.15) is 48.4 Å². The van der Waals surface area contributed by atoms with E-state index in [0.717, 1.165) is 44.7 Å². The van der Waals surface area contributed by atoms with Crippen LogP contribution in [0.5, 0.6) is 0 Å². The van der Waals surface area contributed by atoms with Crippen LogP contribution >= 0.6 is 0 Å². The van der Waals surface area contributed by atoms with Crippen LogP contribution in [-0.4, -0.2) is 29.7 Å². The molecule has 6 nitrogen and oxygen atoms in total. The van der Waals surface area contributed by atoms with Crippen LogP contribution in [0.4, 0.5) is 4.39 Å². The van der Waals surface area contributed by atoms with Crippen LogP contribution in [0.2, 0.25) is 0 Å². The molecular weight excluding hydrogens is 441 g/mol. The first-order valence-corrected chi connectivity index (χ1v) is 11.8. The molecule has 0 aliphatic heterocycles. The Hall–Kier alpha value is -3.84. The van der Waals surface area contributed by atoms with Crippen molar-refractivity contribution in [3.63, 3.8) is 0 Å². The van der Waals surface area contributed by atoms with Gasteiger partial charge in [-0.15, -0.1) is 0 Å². The second kappa shape index (κ2) is 9.07. The minimum atomic E-state index is -0.657. The second-order valence-corrected chi connectivity index (χ2v) is 9.17. The number of pyridine rings is 1. The molecule has 1 N–H and O–H groups in total. The van der Waals surface area contributed by atoms with Gasteiger partial charge < -0.3 is 5.11 Å². The zero-order chi connectivity index (χ0) is 24.7. The molecule has 0 aliphatic rings. The fraction of sp³-hybridized carbons (Fsp3) is 0.250. The van der Waals surface area contributed by atoms with Crippen LogP contribution < -0.4 is 0 Å². The summed E-state index contributed by atoms with van der Waals surface area (Å²) in [5.41, 5.74) is 6.99. The predicted octanol–water partition coefficient (Wildman–Crippen LogP) is 5.90. The Labute approximate surface area is 203 Å². The van der Waals surface area contributed by atoms with Crippen LogP contribution in [-0.2, 0) is 6.54 Å². The molecule has 0 unspecified atom stereocenters. The van der Waals surface area contributed by atoms with Gasteiger partial charge in [-0.3, -0.25) is 4.68 Å². The van der Waals surface area contributed by atoms with Crippen LogP contribution in [0.15, 0.2) is 66.9 Å². The van der Waals surface area contributed by atoms with E-state index in [-0.39, 0.29) is 5.92 Å². The number of nitrogens with zero attached hydrogens (tertiary/aromatic N) is 5. The number of aryl methyl sites for hydroxylation is 1. The van der Waals surface area contributed by atoms with Gasteiger partial charge in [0.15, 0.2) is 0 Å². The molecule has 0 aliphatic carbocycles. The Morgan fingerprint density at radius 1 is 0.943 bits per heavy atom. The fourth-order valence-electron chi connectivity index (χ4n) is 4.74. The van der Waals surface area contributed by atoms with Crippen LogP contribution in [0.3, 0.4) is 0 Å². The molecule has 178 valence electrons. The lowest BCUT2D eigenvalue weighted by molar-refractivity contribution is 0.152. The number of hydrogen-bond acceptors (Lipinski definition) is 4. The van der Waals surface area contributed by atoms with Crippen molar-refractivity contribution < 1.29 is 9.50 Å². The normalized spacial score (nSPS) is 12.5. The largest absolute Gasteiger partial charge is 0.386 e. The Morgan fingerprint density at radius 2 is 1.71 bits per heavy atom. The summed E-state index contributed by atoms with van der Waals surface area (Å²) in [6.45, 7) is 8.47. The molecule has 0 saturated heterocycles. The fourth-order valence-corrected chi connectivity index (χ4v) is 4.74. The van der Waals surface area contributed by atoms with Gasteiger partial charge in [0.1, 0.15) is 0 Å². The molecular formula is C28H28FN5O. The third kappa shape index (κ3) is 4.23. The van der Waals surface area contributed by atoms with Gasteiger partial charge in [-0.2, -0.15) is 14.6 Å². The summed E-state index contributed by atoms with van der Waals surface area (Å²) >= 11 is 0. The average molecular weight is 470 g/mol. The number of aliphatic hydroxyl groups excluding tert-OH is 1. The smallest absolute Gasteiger partial charge is 0.213 e. The van der Waals surface area contributed by atoms with E-state index in [2.05, 4.69) is 24.9 Å². The monoisotopic (exact) mass is 469 g/mol. The van der Waals surface area contributed by atoms with E-state index in [1.54, 1.807) is 17.7 Å². The maximum absolute atomic E-state index is 13.6. The molecule has 35 heavy (non-hydrogen) atoms. The number of benzene rings is 2. The molecule has 0 amide bonds. The van der Waals surface area contributed by atoms with Gasteiger partial charge in [0.25, 0.3) is 0 Å². The summed E-state index contributed by atoms with van der Waals surface area (Å²) in [5.74, 6) is -0.284. The van der Waals surface area contributed by atoms with E-state index in [9.17, 15) is 9.50 Å². The quantitative estimate of drug-likeness (QED) is 0.315. The minimum Gasteiger partial charge on any atom is -0.386 e. The van der Waals surface area contributed by atoms with E-state index in [0.29, 0.717) is 12.2 Å². The first kappa shape index (κ1) is 22.9. The molecule has 0 radical (unpaired) electrons. The highest BCUT2D eigenvalue weighted by atomic mass is 19.1. The van der Waals surface area contributed by atoms with Gasteiger partial charge in [-0.05, 0) is 43.5 Å². The zero-order valence-corrected chi connectivity index (χ0v) is 20.3. The van der Waals surface area contributed by atoms with Crippen molar-refractivity contribution >= 4 is 10.9 Å². The Balaban J connectivity index is 1.61. The molecule has 0 spiro atoms. The summed E-state index contributed by atoms with van der Waals surface area (Å²) < 4.78 is 17.3. The van der Waals surface area contributed by atoms with Crippen molar-refractivity contribution in [2.24, 2.45) is 0 Å². The molecule has 7 heteroatoms. The number of aromatic nitrogens is 5. The second-order valence-electron chi connectivity index (χ2n) is 9.17. The maximum Gasteiger partial charge on any atom is 0.213 e. The zero-order valence-electron chi connectivity index (χ0n) is 20.3. The highest BCUT2D eigenvalue weighted by Crippen LogP contribution is 2.36. The first-order valence-electron chi connectivity index (χ1n) is 11.8. The van der Waals surface area contributed by atoms with Gasteiger partial charge in [-0.25, -0.2) is 9.67 Å². The molecule has 0 bridgehead atoms. The van der Waals surface area contributed by atoms with E-state index in [4.69, 9.17) is 10.2 Å². The molecule has 0 saturated carbocycles. The summed E-state index contributed by atoms with van der Waals surface area (Å²) in [7, 11) is 0. The lowest BCUT2D eigenvalue weighted by Crippen LogP contribution is -2.08. The lowest BCUT2D eigenvalue weighted by atomic mass is 9.95. The predicted molar refractivity (Wildman–Crippen MR) is 135 cm³/mol. The molecule has 1 atom stereocenters. The number of halogens is 1. The molecule has 2 aromatic carbocycles.